The first-order valence-electron chi connectivity index (χ1n) is 7.39. The van der Waals surface area contributed by atoms with Gasteiger partial charge in [0.15, 0.2) is 0 Å². The van der Waals surface area contributed by atoms with E-state index in [1.807, 2.05) is 40.9 Å². The number of phenolic OH excluding ortho intramolecular Hbond substituents is 1. The highest BCUT2D eigenvalue weighted by Gasteiger charge is 2.21. The lowest BCUT2D eigenvalue weighted by atomic mass is 10.1. The molecule has 0 fully saturated rings. The minimum absolute atomic E-state index is 0.188. The second-order valence-electron chi connectivity index (χ2n) is 6.73. The van der Waals surface area contributed by atoms with Gasteiger partial charge in [0.2, 0.25) is 0 Å². The molecule has 5 nitrogen and oxygen atoms in total. The lowest BCUT2D eigenvalue weighted by molar-refractivity contribution is 0.0544. The fraction of sp³-hybridized carbons (Fsp3) is 0.471. The van der Waals surface area contributed by atoms with E-state index in [1.54, 1.807) is 18.3 Å². The molecule has 1 aromatic heterocycles. The number of carbonyl (C=O) groups excluding carboxylic acids is 1. The van der Waals surface area contributed by atoms with Crippen LogP contribution in [-0.4, -0.2) is 46.9 Å². The Labute approximate surface area is 131 Å². The third-order valence-corrected chi connectivity index (χ3v) is 3.30. The van der Waals surface area contributed by atoms with Crippen LogP contribution in [0.1, 0.15) is 26.3 Å². The lowest BCUT2D eigenvalue weighted by Gasteiger charge is -2.19. The van der Waals surface area contributed by atoms with Gasteiger partial charge >= 0.3 is 6.09 Å². The second kappa shape index (κ2) is 6.01. The van der Waals surface area contributed by atoms with Gasteiger partial charge in [-0.15, -0.1) is 0 Å². The van der Waals surface area contributed by atoms with E-state index in [1.165, 1.54) is 4.57 Å². The van der Waals surface area contributed by atoms with Gasteiger partial charge in [-0.05, 0) is 59.0 Å². The summed E-state index contributed by atoms with van der Waals surface area (Å²) >= 11 is 0. The van der Waals surface area contributed by atoms with Gasteiger partial charge in [-0.1, -0.05) is 6.07 Å². The highest BCUT2D eigenvalue weighted by molar-refractivity contribution is 5.95. The summed E-state index contributed by atoms with van der Waals surface area (Å²) in [5, 5.41) is 10.9. The molecule has 22 heavy (non-hydrogen) atoms. The highest BCUT2D eigenvalue weighted by Crippen LogP contribution is 2.30. The minimum atomic E-state index is -0.561. The summed E-state index contributed by atoms with van der Waals surface area (Å²) in [4.78, 5) is 14.5. The Bertz CT molecular complexity index is 681. The number of carbonyl (C=O) groups is 1. The first kappa shape index (κ1) is 16.4. The maximum atomic E-state index is 12.4. The van der Waals surface area contributed by atoms with E-state index >= 15 is 0 Å². The third kappa shape index (κ3) is 3.60. The van der Waals surface area contributed by atoms with Crippen LogP contribution in [0.15, 0.2) is 24.4 Å². The van der Waals surface area contributed by atoms with Crippen LogP contribution < -0.4 is 0 Å². The van der Waals surface area contributed by atoms with Gasteiger partial charge in [-0.2, -0.15) is 0 Å². The van der Waals surface area contributed by atoms with E-state index in [2.05, 4.69) is 4.90 Å². The molecule has 0 spiro atoms. The van der Waals surface area contributed by atoms with Crippen molar-refractivity contribution < 1.29 is 14.6 Å². The Hall–Kier alpha value is -2.01. The van der Waals surface area contributed by atoms with Crippen LogP contribution in [0.4, 0.5) is 4.79 Å². The topological polar surface area (TPSA) is 54.7 Å². The van der Waals surface area contributed by atoms with Crippen molar-refractivity contribution in [2.45, 2.75) is 32.8 Å². The predicted octanol–water partition coefficient (Wildman–Crippen LogP) is 3.23. The summed E-state index contributed by atoms with van der Waals surface area (Å²) in [6.07, 6.45) is 2.08. The van der Waals surface area contributed by atoms with Gasteiger partial charge in [-0.3, -0.25) is 4.57 Å². The van der Waals surface area contributed by atoms with Crippen LogP contribution in [0.3, 0.4) is 0 Å². The molecular weight excluding hydrogens is 280 g/mol. The van der Waals surface area contributed by atoms with Crippen LogP contribution in [0, 0.1) is 0 Å². The molecule has 1 N–H and O–H groups in total. The second-order valence-corrected chi connectivity index (χ2v) is 6.73. The molecule has 0 aliphatic rings. The van der Waals surface area contributed by atoms with Crippen LogP contribution in [-0.2, 0) is 11.2 Å². The number of benzene rings is 1. The maximum absolute atomic E-state index is 12.4. The Morgan fingerprint density at radius 3 is 2.59 bits per heavy atom. The predicted molar refractivity (Wildman–Crippen MR) is 87.5 cm³/mol. The quantitative estimate of drug-likeness (QED) is 0.946. The zero-order valence-corrected chi connectivity index (χ0v) is 13.9. The minimum Gasteiger partial charge on any atom is -0.507 e. The molecule has 2 rings (SSSR count). The lowest BCUT2D eigenvalue weighted by Crippen LogP contribution is -2.26. The number of hydrogen-bond acceptors (Lipinski definition) is 4. The number of aromatic hydroxyl groups is 1. The summed E-state index contributed by atoms with van der Waals surface area (Å²) in [5.74, 6) is 0.188. The Kier molecular flexibility index (Phi) is 4.47. The van der Waals surface area contributed by atoms with Gasteiger partial charge in [-0.25, -0.2) is 4.79 Å². The summed E-state index contributed by atoms with van der Waals surface area (Å²) in [6.45, 7) is 6.34. The molecule has 120 valence electrons. The molecule has 0 aliphatic heterocycles. The first-order valence-corrected chi connectivity index (χ1v) is 7.39. The van der Waals surface area contributed by atoms with Gasteiger partial charge in [0.1, 0.15) is 11.4 Å². The molecule has 0 unspecified atom stereocenters. The molecule has 0 amide bonds. The van der Waals surface area contributed by atoms with Gasteiger partial charge in [0.05, 0.1) is 5.52 Å². The van der Waals surface area contributed by atoms with Crippen molar-refractivity contribution >= 4 is 17.0 Å². The van der Waals surface area contributed by atoms with Gasteiger partial charge < -0.3 is 14.7 Å². The fourth-order valence-corrected chi connectivity index (χ4v) is 2.34. The molecule has 0 saturated heterocycles. The van der Waals surface area contributed by atoms with Crippen molar-refractivity contribution in [1.29, 1.82) is 0 Å². The van der Waals surface area contributed by atoms with E-state index < -0.39 is 11.7 Å². The van der Waals surface area contributed by atoms with E-state index in [-0.39, 0.29) is 5.75 Å². The summed E-state index contributed by atoms with van der Waals surface area (Å²) in [7, 11) is 3.99. The molecule has 2 aromatic rings. The van der Waals surface area contributed by atoms with Crippen molar-refractivity contribution in [2.75, 3.05) is 20.6 Å². The number of phenols is 1. The molecule has 0 saturated carbocycles. The number of fused-ring (bicyclic) bond motifs is 1. The smallest absolute Gasteiger partial charge is 0.419 e. The Morgan fingerprint density at radius 1 is 1.32 bits per heavy atom. The van der Waals surface area contributed by atoms with Crippen LogP contribution in [0.2, 0.25) is 0 Å². The molecule has 0 atom stereocenters. The molecule has 1 heterocycles. The zero-order chi connectivity index (χ0) is 16.5. The molecule has 5 heteroatoms. The van der Waals surface area contributed by atoms with Gasteiger partial charge in [0, 0.05) is 18.1 Å². The van der Waals surface area contributed by atoms with Crippen molar-refractivity contribution in [1.82, 2.24) is 9.47 Å². The van der Waals surface area contributed by atoms with E-state index in [0.29, 0.717) is 5.52 Å². The van der Waals surface area contributed by atoms with Crippen LogP contribution in [0.25, 0.3) is 10.9 Å². The average molecular weight is 304 g/mol. The fourth-order valence-electron chi connectivity index (χ4n) is 2.34. The number of rotatable bonds is 3. The maximum Gasteiger partial charge on any atom is 0.419 e. The van der Waals surface area contributed by atoms with E-state index in [0.717, 1.165) is 23.9 Å². The first-order chi connectivity index (χ1) is 10.2. The highest BCUT2D eigenvalue weighted by atomic mass is 16.6. The van der Waals surface area contributed by atoms with Crippen molar-refractivity contribution in [3.05, 3.63) is 30.0 Å². The van der Waals surface area contributed by atoms with Crippen molar-refractivity contribution in [2.24, 2.45) is 0 Å². The Morgan fingerprint density at radius 2 is 2.00 bits per heavy atom. The normalized spacial score (nSPS) is 12.1. The average Bonchev–Trinajstić information content (AvgIpc) is 2.74. The number of aromatic nitrogens is 1. The molecule has 1 aromatic carbocycles. The molecule has 0 aliphatic carbocycles. The molecule has 0 radical (unpaired) electrons. The summed E-state index contributed by atoms with van der Waals surface area (Å²) in [6, 6.07) is 5.19. The number of ether oxygens (including phenoxy) is 1. The van der Waals surface area contributed by atoms with Gasteiger partial charge in [0.25, 0.3) is 0 Å². The number of likely N-dealkylation sites (N-methyl/N-ethyl adjacent to an activating group) is 1. The third-order valence-electron chi connectivity index (χ3n) is 3.30. The summed E-state index contributed by atoms with van der Waals surface area (Å²) < 4.78 is 6.92. The monoisotopic (exact) mass is 304 g/mol. The zero-order valence-electron chi connectivity index (χ0n) is 13.9. The largest absolute Gasteiger partial charge is 0.507 e. The molecular formula is C17H24N2O3. The Balaban J connectivity index is 2.47. The molecule has 0 bridgehead atoms. The van der Waals surface area contributed by atoms with Crippen LogP contribution in [0.5, 0.6) is 5.75 Å². The van der Waals surface area contributed by atoms with Crippen molar-refractivity contribution in [3.8, 4) is 5.75 Å². The standard InChI is InChI=1S/C17H24N2O3/c1-17(2,3)22-16(21)19-11-12(9-10-18(4)5)15-13(19)7-6-8-14(15)20/h6-8,11,20H,9-10H2,1-5H3. The summed E-state index contributed by atoms with van der Waals surface area (Å²) in [5.41, 5.74) is 1.05. The van der Waals surface area contributed by atoms with E-state index in [4.69, 9.17) is 4.74 Å². The SMILES string of the molecule is CN(C)CCc1cn(C(=O)OC(C)(C)C)c2cccc(O)c12. The number of hydrogen-bond donors (Lipinski definition) is 1. The van der Waals surface area contributed by atoms with Crippen LogP contribution >= 0.6 is 0 Å². The van der Waals surface area contributed by atoms with E-state index in [9.17, 15) is 9.90 Å². The number of nitrogens with zero attached hydrogens (tertiary/aromatic N) is 2. The van der Waals surface area contributed by atoms with Crippen molar-refractivity contribution in [3.63, 3.8) is 0 Å².